The van der Waals surface area contributed by atoms with Crippen molar-refractivity contribution in [2.45, 2.75) is 32.7 Å². The lowest BCUT2D eigenvalue weighted by atomic mass is 10.2. The SMILES string of the molecule is CC(=O)OCCOc1cc(-n2nc3n(c2=O)CCCC3)c(Cl)cc1Cl. The quantitative estimate of drug-likeness (QED) is 0.583. The van der Waals surface area contributed by atoms with Crippen LogP contribution in [0.15, 0.2) is 16.9 Å². The van der Waals surface area contributed by atoms with Crippen LogP contribution in [-0.2, 0) is 22.5 Å². The molecule has 0 aliphatic carbocycles. The summed E-state index contributed by atoms with van der Waals surface area (Å²) < 4.78 is 13.3. The molecular weight excluding hydrogens is 369 g/mol. The maximum absolute atomic E-state index is 12.6. The number of hydrogen-bond acceptors (Lipinski definition) is 5. The Bertz CT molecular complexity index is 860. The number of ether oxygens (including phenoxy) is 2. The fourth-order valence-corrected chi connectivity index (χ4v) is 3.20. The van der Waals surface area contributed by atoms with Gasteiger partial charge in [0.05, 0.1) is 15.7 Å². The van der Waals surface area contributed by atoms with E-state index in [2.05, 4.69) is 5.10 Å². The number of rotatable bonds is 5. The van der Waals surface area contributed by atoms with Crippen molar-refractivity contribution < 1.29 is 14.3 Å². The molecule has 1 aliphatic rings. The molecule has 1 aliphatic heterocycles. The zero-order valence-corrected chi connectivity index (χ0v) is 15.1. The second-order valence-corrected chi connectivity index (χ2v) is 6.46. The van der Waals surface area contributed by atoms with Crippen molar-refractivity contribution in [3.8, 4) is 11.4 Å². The molecule has 0 radical (unpaired) electrons. The summed E-state index contributed by atoms with van der Waals surface area (Å²) in [5, 5.41) is 4.99. The van der Waals surface area contributed by atoms with Crippen molar-refractivity contribution in [2.75, 3.05) is 13.2 Å². The minimum Gasteiger partial charge on any atom is -0.488 e. The zero-order valence-electron chi connectivity index (χ0n) is 13.6. The zero-order chi connectivity index (χ0) is 18.0. The molecule has 0 saturated carbocycles. The highest BCUT2D eigenvalue weighted by Crippen LogP contribution is 2.32. The second kappa shape index (κ2) is 7.49. The maximum Gasteiger partial charge on any atom is 0.350 e. The number of esters is 1. The molecule has 2 heterocycles. The standard InChI is InChI=1S/C16H17Cl2N3O4/c1-10(22)24-6-7-25-14-9-13(11(17)8-12(14)18)21-16(23)20-5-3-2-4-15(20)19-21/h8-9H,2-7H2,1H3. The number of hydrogen-bond donors (Lipinski definition) is 0. The molecule has 2 aromatic rings. The van der Waals surface area contributed by atoms with Crippen molar-refractivity contribution in [3.63, 3.8) is 0 Å². The van der Waals surface area contributed by atoms with E-state index < -0.39 is 0 Å². The van der Waals surface area contributed by atoms with Crippen LogP contribution in [0, 0.1) is 0 Å². The Morgan fingerprint density at radius 3 is 2.76 bits per heavy atom. The summed E-state index contributed by atoms with van der Waals surface area (Å²) >= 11 is 12.4. The van der Waals surface area contributed by atoms with Gasteiger partial charge in [-0.05, 0) is 18.9 Å². The van der Waals surface area contributed by atoms with Gasteiger partial charge in [-0.15, -0.1) is 5.10 Å². The smallest absolute Gasteiger partial charge is 0.350 e. The van der Waals surface area contributed by atoms with Gasteiger partial charge in [0.25, 0.3) is 0 Å². The van der Waals surface area contributed by atoms with Gasteiger partial charge in [-0.3, -0.25) is 9.36 Å². The summed E-state index contributed by atoms with van der Waals surface area (Å²) in [4.78, 5) is 23.3. The van der Waals surface area contributed by atoms with E-state index in [-0.39, 0.29) is 24.9 Å². The Hall–Kier alpha value is -1.99. The largest absolute Gasteiger partial charge is 0.488 e. The van der Waals surface area contributed by atoms with Gasteiger partial charge in [0.15, 0.2) is 0 Å². The van der Waals surface area contributed by atoms with Crippen LogP contribution in [0.4, 0.5) is 0 Å². The average Bonchev–Trinajstić information content (AvgIpc) is 2.90. The molecule has 0 saturated heterocycles. The van der Waals surface area contributed by atoms with Gasteiger partial charge in [-0.2, -0.15) is 4.68 Å². The molecule has 0 atom stereocenters. The van der Waals surface area contributed by atoms with Crippen molar-refractivity contribution >= 4 is 29.2 Å². The van der Waals surface area contributed by atoms with Gasteiger partial charge in [0, 0.05) is 26.0 Å². The average molecular weight is 386 g/mol. The van der Waals surface area contributed by atoms with Crippen LogP contribution in [-0.4, -0.2) is 33.5 Å². The maximum atomic E-state index is 12.6. The van der Waals surface area contributed by atoms with Crippen LogP contribution in [0.2, 0.25) is 10.0 Å². The molecule has 1 aromatic carbocycles. The molecule has 3 rings (SSSR count). The van der Waals surface area contributed by atoms with E-state index in [9.17, 15) is 9.59 Å². The minimum atomic E-state index is -0.387. The summed E-state index contributed by atoms with van der Waals surface area (Å²) in [7, 11) is 0. The van der Waals surface area contributed by atoms with E-state index in [4.69, 9.17) is 32.7 Å². The molecule has 0 spiro atoms. The van der Waals surface area contributed by atoms with E-state index in [1.54, 1.807) is 10.6 Å². The van der Waals surface area contributed by atoms with Crippen LogP contribution in [0.5, 0.6) is 5.75 Å². The summed E-state index contributed by atoms with van der Waals surface area (Å²) in [6, 6.07) is 3.07. The molecule has 1 aromatic heterocycles. The molecule has 0 unspecified atom stereocenters. The molecule has 25 heavy (non-hydrogen) atoms. The summed E-state index contributed by atoms with van der Waals surface area (Å²) in [6.07, 6.45) is 2.73. The summed E-state index contributed by atoms with van der Waals surface area (Å²) in [6.45, 7) is 2.21. The van der Waals surface area contributed by atoms with E-state index in [1.165, 1.54) is 17.7 Å². The van der Waals surface area contributed by atoms with Crippen LogP contribution < -0.4 is 10.4 Å². The Labute approximate surface area is 154 Å². The highest BCUT2D eigenvalue weighted by molar-refractivity contribution is 6.36. The third-order valence-electron chi connectivity index (χ3n) is 3.85. The highest BCUT2D eigenvalue weighted by Gasteiger charge is 2.20. The van der Waals surface area contributed by atoms with Crippen molar-refractivity contribution in [1.29, 1.82) is 0 Å². The molecule has 0 amide bonds. The fraction of sp³-hybridized carbons (Fsp3) is 0.438. The highest BCUT2D eigenvalue weighted by atomic mass is 35.5. The lowest BCUT2D eigenvalue weighted by Crippen LogP contribution is -2.26. The summed E-state index contributed by atoms with van der Waals surface area (Å²) in [5.41, 5.74) is 0.172. The monoisotopic (exact) mass is 385 g/mol. The van der Waals surface area contributed by atoms with Gasteiger partial charge in [0.1, 0.15) is 24.8 Å². The van der Waals surface area contributed by atoms with E-state index in [0.29, 0.717) is 28.0 Å². The molecule has 0 N–H and O–H groups in total. The van der Waals surface area contributed by atoms with Crippen molar-refractivity contribution in [3.05, 3.63) is 38.5 Å². The summed E-state index contributed by atoms with van der Waals surface area (Å²) in [5.74, 6) is 0.701. The predicted octanol–water partition coefficient (Wildman–Crippen LogP) is 2.62. The lowest BCUT2D eigenvalue weighted by Gasteiger charge is -2.11. The molecule has 9 heteroatoms. The van der Waals surface area contributed by atoms with E-state index >= 15 is 0 Å². The van der Waals surface area contributed by atoms with Gasteiger partial charge >= 0.3 is 11.7 Å². The number of nitrogens with zero attached hydrogens (tertiary/aromatic N) is 3. The molecule has 134 valence electrons. The first-order chi connectivity index (χ1) is 12.0. The number of fused-ring (bicyclic) bond motifs is 1. The van der Waals surface area contributed by atoms with Crippen LogP contribution in [0.1, 0.15) is 25.6 Å². The van der Waals surface area contributed by atoms with Crippen molar-refractivity contribution in [2.24, 2.45) is 0 Å². The number of halogens is 2. The minimum absolute atomic E-state index is 0.0995. The number of aryl methyl sites for hydroxylation is 1. The molecule has 7 nitrogen and oxygen atoms in total. The number of carbonyl (C=O) groups excluding carboxylic acids is 1. The fourth-order valence-electron chi connectivity index (χ4n) is 2.68. The number of carbonyl (C=O) groups is 1. The Morgan fingerprint density at radius 2 is 2.04 bits per heavy atom. The third-order valence-corrected chi connectivity index (χ3v) is 4.45. The third kappa shape index (κ3) is 3.82. The topological polar surface area (TPSA) is 75.3 Å². The number of aromatic nitrogens is 3. The number of benzene rings is 1. The normalized spacial score (nSPS) is 13.4. The predicted molar refractivity (Wildman–Crippen MR) is 92.9 cm³/mol. The van der Waals surface area contributed by atoms with Gasteiger partial charge in [0.2, 0.25) is 0 Å². The van der Waals surface area contributed by atoms with Crippen LogP contribution in [0.25, 0.3) is 5.69 Å². The van der Waals surface area contributed by atoms with Gasteiger partial charge < -0.3 is 9.47 Å². The first-order valence-corrected chi connectivity index (χ1v) is 8.67. The first-order valence-electron chi connectivity index (χ1n) is 7.91. The van der Waals surface area contributed by atoms with Crippen LogP contribution in [0.3, 0.4) is 0 Å². The van der Waals surface area contributed by atoms with E-state index in [0.717, 1.165) is 25.1 Å². The molecule has 0 fully saturated rings. The lowest BCUT2D eigenvalue weighted by molar-refractivity contribution is -0.141. The molecule has 0 bridgehead atoms. The van der Waals surface area contributed by atoms with Crippen LogP contribution >= 0.6 is 23.2 Å². The Balaban J connectivity index is 1.89. The van der Waals surface area contributed by atoms with Crippen molar-refractivity contribution in [1.82, 2.24) is 14.3 Å². The molecular formula is C16H17Cl2N3O4. The Kier molecular flexibility index (Phi) is 5.34. The Morgan fingerprint density at radius 1 is 1.24 bits per heavy atom. The van der Waals surface area contributed by atoms with E-state index in [1.807, 2.05) is 0 Å². The second-order valence-electron chi connectivity index (χ2n) is 5.64. The first kappa shape index (κ1) is 17.8. The van der Waals surface area contributed by atoms with Gasteiger partial charge in [-0.1, -0.05) is 23.2 Å². The van der Waals surface area contributed by atoms with Gasteiger partial charge in [-0.25, -0.2) is 4.79 Å².